The van der Waals surface area contributed by atoms with Crippen LogP contribution in [0, 0.1) is 5.82 Å². The molecule has 2 rings (SSSR count). The zero-order valence-corrected chi connectivity index (χ0v) is 11.9. The van der Waals surface area contributed by atoms with E-state index < -0.39 is 6.04 Å². The van der Waals surface area contributed by atoms with Crippen LogP contribution in [0.3, 0.4) is 0 Å². The quantitative estimate of drug-likeness (QED) is 0.875. The van der Waals surface area contributed by atoms with Gasteiger partial charge in [0.1, 0.15) is 17.6 Å². The maximum Gasteiger partial charge on any atom is 0.239 e. The highest BCUT2D eigenvalue weighted by Crippen LogP contribution is 2.32. The van der Waals surface area contributed by atoms with E-state index in [9.17, 15) is 9.18 Å². The summed E-state index contributed by atoms with van der Waals surface area (Å²) >= 11 is 0. The van der Waals surface area contributed by atoms with Crippen LogP contribution in [-0.4, -0.2) is 32.3 Å². The first kappa shape index (κ1) is 16.7. The van der Waals surface area contributed by atoms with Crippen LogP contribution in [0.2, 0.25) is 0 Å². The second-order valence-electron chi connectivity index (χ2n) is 4.44. The molecule has 1 aromatic rings. The van der Waals surface area contributed by atoms with Crippen LogP contribution >= 0.6 is 12.4 Å². The average molecular weight is 305 g/mol. The Morgan fingerprint density at radius 1 is 1.65 bits per heavy atom. The van der Waals surface area contributed by atoms with E-state index in [1.807, 2.05) is 0 Å². The van der Waals surface area contributed by atoms with Crippen LogP contribution in [0.4, 0.5) is 4.39 Å². The number of amides is 1. The molecule has 5 nitrogen and oxygen atoms in total. The Balaban J connectivity index is 0.00000200. The number of benzene rings is 1. The van der Waals surface area contributed by atoms with Gasteiger partial charge in [0, 0.05) is 19.1 Å². The number of hydrogen-bond acceptors (Lipinski definition) is 4. The van der Waals surface area contributed by atoms with Crippen molar-refractivity contribution in [2.45, 2.75) is 18.5 Å². The predicted molar refractivity (Wildman–Crippen MR) is 74.5 cm³/mol. The number of methoxy groups -OCH3 is 1. The van der Waals surface area contributed by atoms with Gasteiger partial charge in [-0.15, -0.1) is 12.4 Å². The van der Waals surface area contributed by atoms with Crippen LogP contribution in [0.1, 0.15) is 18.0 Å². The molecule has 0 radical (unpaired) electrons. The van der Waals surface area contributed by atoms with Gasteiger partial charge in [-0.1, -0.05) is 0 Å². The van der Waals surface area contributed by atoms with Crippen molar-refractivity contribution in [1.29, 1.82) is 0 Å². The number of ether oxygens (including phenoxy) is 2. The zero-order valence-electron chi connectivity index (χ0n) is 11.1. The number of halogens is 2. The molecular formula is C13H18ClFN2O3. The van der Waals surface area contributed by atoms with Crippen LogP contribution in [-0.2, 0) is 9.53 Å². The van der Waals surface area contributed by atoms with Crippen molar-refractivity contribution in [3.05, 3.63) is 29.6 Å². The fourth-order valence-electron chi connectivity index (χ4n) is 2.05. The van der Waals surface area contributed by atoms with Crippen molar-refractivity contribution in [2.75, 3.05) is 20.3 Å². The molecule has 1 aliphatic rings. The Kier molecular flexibility index (Phi) is 6.19. The first-order valence-electron chi connectivity index (χ1n) is 6.09. The van der Waals surface area contributed by atoms with E-state index in [-0.39, 0.29) is 36.8 Å². The standard InChI is InChI=1S/C13H17FN2O3.ClH/c1-18-7-10(15)13(17)16-11-4-5-19-12-3-2-8(14)6-9(11)12;/h2-3,6,10-11H,4-5,7,15H2,1H3,(H,16,17);1H. The van der Waals surface area contributed by atoms with Gasteiger partial charge in [0.15, 0.2) is 0 Å². The Morgan fingerprint density at radius 2 is 2.40 bits per heavy atom. The second-order valence-corrected chi connectivity index (χ2v) is 4.44. The topological polar surface area (TPSA) is 73.6 Å². The second kappa shape index (κ2) is 7.42. The van der Waals surface area contributed by atoms with Crippen molar-refractivity contribution in [3.8, 4) is 5.75 Å². The molecule has 0 saturated carbocycles. The SMILES string of the molecule is COCC(N)C(=O)NC1CCOc2ccc(F)cc21.Cl. The molecule has 0 fully saturated rings. The number of rotatable bonds is 4. The summed E-state index contributed by atoms with van der Waals surface area (Å²) in [5.41, 5.74) is 6.30. The zero-order chi connectivity index (χ0) is 13.8. The van der Waals surface area contributed by atoms with Crippen molar-refractivity contribution in [1.82, 2.24) is 5.32 Å². The summed E-state index contributed by atoms with van der Waals surface area (Å²) in [5, 5.41) is 2.80. The van der Waals surface area contributed by atoms with E-state index in [2.05, 4.69) is 5.32 Å². The minimum atomic E-state index is -0.732. The van der Waals surface area contributed by atoms with E-state index in [4.69, 9.17) is 15.2 Å². The number of nitrogens with two attached hydrogens (primary N) is 1. The monoisotopic (exact) mass is 304 g/mol. The molecule has 0 aliphatic carbocycles. The van der Waals surface area contributed by atoms with Crippen molar-refractivity contribution in [3.63, 3.8) is 0 Å². The van der Waals surface area contributed by atoms with Gasteiger partial charge >= 0.3 is 0 Å². The van der Waals surface area contributed by atoms with E-state index in [0.29, 0.717) is 24.3 Å². The molecule has 1 aromatic carbocycles. The Hall–Kier alpha value is -1.37. The molecule has 3 N–H and O–H groups in total. The number of fused-ring (bicyclic) bond motifs is 1. The van der Waals surface area contributed by atoms with E-state index in [1.54, 1.807) is 6.07 Å². The first-order chi connectivity index (χ1) is 9.11. The highest BCUT2D eigenvalue weighted by Gasteiger charge is 2.25. The van der Waals surface area contributed by atoms with Crippen LogP contribution in [0.5, 0.6) is 5.75 Å². The molecule has 1 heterocycles. The van der Waals surface area contributed by atoms with E-state index in [0.717, 1.165) is 0 Å². The third kappa shape index (κ3) is 3.82. The summed E-state index contributed by atoms with van der Waals surface area (Å²) in [5.74, 6) is -0.0769. The van der Waals surface area contributed by atoms with Crippen molar-refractivity contribution < 1.29 is 18.7 Å². The fourth-order valence-corrected chi connectivity index (χ4v) is 2.05. The fraction of sp³-hybridized carbons (Fsp3) is 0.462. The van der Waals surface area contributed by atoms with Crippen LogP contribution in [0.15, 0.2) is 18.2 Å². The highest BCUT2D eigenvalue weighted by atomic mass is 35.5. The molecule has 112 valence electrons. The predicted octanol–water partition coefficient (Wildman–Crippen LogP) is 1.16. The van der Waals surface area contributed by atoms with Crippen molar-refractivity contribution in [2.24, 2.45) is 5.73 Å². The summed E-state index contributed by atoms with van der Waals surface area (Å²) in [6, 6.07) is 3.26. The smallest absolute Gasteiger partial charge is 0.239 e. The van der Waals surface area contributed by atoms with E-state index >= 15 is 0 Å². The van der Waals surface area contributed by atoms with Gasteiger partial charge in [0.05, 0.1) is 19.3 Å². The first-order valence-corrected chi connectivity index (χ1v) is 6.09. The largest absolute Gasteiger partial charge is 0.493 e. The van der Waals surface area contributed by atoms with Crippen molar-refractivity contribution >= 4 is 18.3 Å². The lowest BCUT2D eigenvalue weighted by atomic mass is 10.00. The summed E-state index contributed by atoms with van der Waals surface area (Å²) in [6.45, 7) is 0.619. The molecule has 2 unspecified atom stereocenters. The summed E-state index contributed by atoms with van der Waals surface area (Å²) in [6.07, 6.45) is 0.585. The van der Waals surface area contributed by atoms with Gasteiger partial charge in [-0.25, -0.2) is 4.39 Å². The Labute approximate surface area is 123 Å². The third-order valence-corrected chi connectivity index (χ3v) is 3.01. The number of carbonyl (C=O) groups excluding carboxylic acids is 1. The molecule has 0 spiro atoms. The Morgan fingerprint density at radius 3 is 3.10 bits per heavy atom. The van der Waals surface area contributed by atoms with E-state index in [1.165, 1.54) is 19.2 Å². The molecule has 1 amide bonds. The van der Waals surface area contributed by atoms with Gasteiger partial charge in [0.2, 0.25) is 5.91 Å². The lowest BCUT2D eigenvalue weighted by molar-refractivity contribution is -0.124. The molecule has 7 heteroatoms. The maximum atomic E-state index is 13.3. The Bertz CT molecular complexity index is 473. The molecule has 1 aliphatic heterocycles. The lowest BCUT2D eigenvalue weighted by Gasteiger charge is -2.27. The molecule has 0 bridgehead atoms. The average Bonchev–Trinajstić information content (AvgIpc) is 2.39. The summed E-state index contributed by atoms with van der Waals surface area (Å²) < 4.78 is 23.5. The number of nitrogens with one attached hydrogen (secondary N) is 1. The van der Waals surface area contributed by atoms with Crippen LogP contribution < -0.4 is 15.8 Å². The van der Waals surface area contributed by atoms with Gasteiger partial charge < -0.3 is 20.5 Å². The number of hydrogen-bond donors (Lipinski definition) is 2. The molecule has 0 saturated heterocycles. The third-order valence-electron chi connectivity index (χ3n) is 3.01. The molecule has 2 atom stereocenters. The van der Waals surface area contributed by atoms with Gasteiger partial charge in [0.25, 0.3) is 0 Å². The minimum Gasteiger partial charge on any atom is -0.493 e. The van der Waals surface area contributed by atoms with Gasteiger partial charge in [-0.05, 0) is 18.2 Å². The van der Waals surface area contributed by atoms with Gasteiger partial charge in [-0.3, -0.25) is 4.79 Å². The summed E-state index contributed by atoms with van der Waals surface area (Å²) in [7, 11) is 1.48. The normalized spacial score (nSPS) is 18.2. The van der Waals surface area contributed by atoms with Gasteiger partial charge in [-0.2, -0.15) is 0 Å². The number of carbonyl (C=O) groups is 1. The minimum absolute atomic E-state index is 0. The molecule has 20 heavy (non-hydrogen) atoms. The van der Waals surface area contributed by atoms with Crippen LogP contribution in [0.25, 0.3) is 0 Å². The molecular weight excluding hydrogens is 287 g/mol. The maximum absolute atomic E-state index is 13.3. The summed E-state index contributed by atoms with van der Waals surface area (Å²) in [4.78, 5) is 11.8. The highest BCUT2D eigenvalue weighted by molar-refractivity contribution is 5.85. The molecule has 0 aromatic heterocycles. The lowest BCUT2D eigenvalue weighted by Crippen LogP contribution is -2.45.